The van der Waals surface area contributed by atoms with Gasteiger partial charge in [-0.1, -0.05) is 0 Å². The summed E-state index contributed by atoms with van der Waals surface area (Å²) in [7, 11) is 3.11. The van der Waals surface area contributed by atoms with E-state index < -0.39 is 0 Å². The lowest BCUT2D eigenvalue weighted by molar-refractivity contribution is 0.102. The van der Waals surface area contributed by atoms with Gasteiger partial charge in [0.2, 0.25) is 0 Å². The maximum Gasteiger partial charge on any atom is 0.255 e. The highest BCUT2D eigenvalue weighted by molar-refractivity contribution is 6.04. The van der Waals surface area contributed by atoms with Crippen molar-refractivity contribution in [3.8, 4) is 23.0 Å². The number of ether oxygens (including phenoxy) is 4. The number of nitrogens with one attached hydrogen (secondary N) is 1. The van der Waals surface area contributed by atoms with Gasteiger partial charge in [-0.25, -0.2) is 0 Å². The van der Waals surface area contributed by atoms with Crippen molar-refractivity contribution in [1.82, 2.24) is 0 Å². The van der Waals surface area contributed by atoms with Crippen LogP contribution in [0.2, 0.25) is 0 Å². The van der Waals surface area contributed by atoms with E-state index in [0.717, 1.165) is 0 Å². The molecule has 0 bridgehead atoms. The Balaban J connectivity index is 1.81. The third-order valence-corrected chi connectivity index (χ3v) is 3.41. The molecule has 6 nitrogen and oxygen atoms in total. The molecule has 0 aliphatic carbocycles. The average Bonchev–Trinajstić information content (AvgIpc) is 2.60. The molecule has 0 aromatic heterocycles. The molecule has 0 atom stereocenters. The fourth-order valence-corrected chi connectivity index (χ4v) is 2.27. The van der Waals surface area contributed by atoms with Crippen LogP contribution in [0.1, 0.15) is 10.4 Å². The summed E-state index contributed by atoms with van der Waals surface area (Å²) in [5.74, 6) is 2.17. The number of anilines is 1. The van der Waals surface area contributed by atoms with Gasteiger partial charge in [0, 0.05) is 29.4 Å². The van der Waals surface area contributed by atoms with E-state index in [1.54, 1.807) is 50.6 Å². The SMILES string of the molecule is COc1cc(NC(=O)c2ccc3c(c2)OCCO3)cc(OC)c1. The summed E-state index contributed by atoms with van der Waals surface area (Å²) in [5, 5.41) is 2.82. The number of carbonyl (C=O) groups excluding carboxylic acids is 1. The normalized spacial score (nSPS) is 12.4. The van der Waals surface area contributed by atoms with Gasteiger partial charge in [0.05, 0.1) is 14.2 Å². The predicted octanol–water partition coefficient (Wildman–Crippen LogP) is 2.73. The first-order valence-electron chi connectivity index (χ1n) is 7.13. The summed E-state index contributed by atoms with van der Waals surface area (Å²) in [6, 6.07) is 10.3. The molecule has 0 unspecified atom stereocenters. The minimum absolute atomic E-state index is 0.253. The van der Waals surface area contributed by atoms with Gasteiger partial charge in [-0.3, -0.25) is 4.79 Å². The van der Waals surface area contributed by atoms with Crippen LogP contribution in [0, 0.1) is 0 Å². The third kappa shape index (κ3) is 3.31. The molecular weight excluding hydrogens is 298 g/mol. The summed E-state index contributed by atoms with van der Waals surface area (Å²) in [4.78, 5) is 12.4. The lowest BCUT2D eigenvalue weighted by atomic mass is 10.1. The zero-order valence-electron chi connectivity index (χ0n) is 12.9. The number of methoxy groups -OCH3 is 2. The first kappa shape index (κ1) is 15.0. The van der Waals surface area contributed by atoms with Gasteiger partial charge in [-0.15, -0.1) is 0 Å². The highest BCUT2D eigenvalue weighted by Gasteiger charge is 2.15. The molecule has 1 amide bonds. The number of fused-ring (bicyclic) bond motifs is 1. The largest absolute Gasteiger partial charge is 0.497 e. The molecule has 0 radical (unpaired) electrons. The van der Waals surface area contributed by atoms with Crippen molar-refractivity contribution in [2.24, 2.45) is 0 Å². The van der Waals surface area contributed by atoms with Crippen LogP contribution < -0.4 is 24.3 Å². The van der Waals surface area contributed by atoms with Crippen molar-refractivity contribution >= 4 is 11.6 Å². The Morgan fingerprint density at radius 3 is 2.26 bits per heavy atom. The summed E-state index contributed by atoms with van der Waals surface area (Å²) in [6.45, 7) is 0.993. The fraction of sp³-hybridized carbons (Fsp3) is 0.235. The van der Waals surface area contributed by atoms with Crippen LogP contribution in [0.4, 0.5) is 5.69 Å². The second-order valence-corrected chi connectivity index (χ2v) is 4.91. The lowest BCUT2D eigenvalue weighted by Crippen LogP contribution is -2.17. The third-order valence-electron chi connectivity index (χ3n) is 3.41. The number of carbonyl (C=O) groups is 1. The molecular formula is C17H17NO5. The average molecular weight is 315 g/mol. The van der Waals surface area contributed by atoms with Gasteiger partial charge in [-0.05, 0) is 18.2 Å². The maximum atomic E-state index is 12.4. The first-order chi connectivity index (χ1) is 11.2. The Morgan fingerprint density at radius 2 is 1.61 bits per heavy atom. The van der Waals surface area contributed by atoms with Crippen LogP contribution in [-0.4, -0.2) is 33.3 Å². The number of rotatable bonds is 4. The smallest absolute Gasteiger partial charge is 0.255 e. The first-order valence-corrected chi connectivity index (χ1v) is 7.13. The monoisotopic (exact) mass is 315 g/mol. The van der Waals surface area contributed by atoms with E-state index in [9.17, 15) is 4.79 Å². The highest BCUT2D eigenvalue weighted by atomic mass is 16.6. The van der Waals surface area contributed by atoms with Crippen LogP contribution in [0.15, 0.2) is 36.4 Å². The molecule has 1 aliphatic heterocycles. The van der Waals surface area contributed by atoms with Crippen LogP contribution in [0.25, 0.3) is 0 Å². The van der Waals surface area contributed by atoms with Crippen molar-refractivity contribution in [3.63, 3.8) is 0 Å². The van der Waals surface area contributed by atoms with Gasteiger partial charge >= 0.3 is 0 Å². The summed E-state index contributed by atoms with van der Waals surface area (Å²) < 4.78 is 21.3. The van der Waals surface area contributed by atoms with E-state index in [4.69, 9.17) is 18.9 Å². The highest BCUT2D eigenvalue weighted by Crippen LogP contribution is 2.31. The number of benzene rings is 2. The van der Waals surface area contributed by atoms with E-state index in [0.29, 0.717) is 47.5 Å². The van der Waals surface area contributed by atoms with E-state index in [1.165, 1.54) is 0 Å². The topological polar surface area (TPSA) is 66.0 Å². The van der Waals surface area contributed by atoms with E-state index in [2.05, 4.69) is 5.32 Å². The Hall–Kier alpha value is -2.89. The number of hydrogen-bond donors (Lipinski definition) is 1. The Kier molecular flexibility index (Phi) is 4.23. The fourth-order valence-electron chi connectivity index (χ4n) is 2.27. The van der Waals surface area contributed by atoms with Gasteiger partial charge in [0.15, 0.2) is 11.5 Å². The molecule has 1 heterocycles. The second kappa shape index (κ2) is 6.48. The molecule has 0 saturated heterocycles. The van der Waals surface area contributed by atoms with Gasteiger partial charge in [-0.2, -0.15) is 0 Å². The van der Waals surface area contributed by atoms with Gasteiger partial charge in [0.1, 0.15) is 24.7 Å². The minimum Gasteiger partial charge on any atom is -0.497 e. The Labute approximate surface area is 133 Å². The molecule has 0 fully saturated rings. The Bertz CT molecular complexity index is 707. The van der Waals surface area contributed by atoms with Crippen molar-refractivity contribution in [1.29, 1.82) is 0 Å². The van der Waals surface area contributed by atoms with Crippen LogP contribution >= 0.6 is 0 Å². The van der Waals surface area contributed by atoms with Crippen LogP contribution in [-0.2, 0) is 0 Å². The van der Waals surface area contributed by atoms with E-state index in [1.807, 2.05) is 0 Å². The summed E-state index contributed by atoms with van der Waals surface area (Å²) >= 11 is 0. The molecule has 120 valence electrons. The molecule has 0 spiro atoms. The molecule has 3 rings (SSSR count). The van der Waals surface area contributed by atoms with Crippen molar-refractivity contribution in [2.75, 3.05) is 32.8 Å². The van der Waals surface area contributed by atoms with Crippen molar-refractivity contribution in [3.05, 3.63) is 42.0 Å². The van der Waals surface area contributed by atoms with Crippen LogP contribution in [0.5, 0.6) is 23.0 Å². The Morgan fingerprint density at radius 1 is 0.957 bits per heavy atom. The molecule has 6 heteroatoms. The molecule has 23 heavy (non-hydrogen) atoms. The zero-order valence-corrected chi connectivity index (χ0v) is 12.9. The van der Waals surface area contributed by atoms with Crippen LogP contribution in [0.3, 0.4) is 0 Å². The lowest BCUT2D eigenvalue weighted by Gasteiger charge is -2.18. The number of hydrogen-bond acceptors (Lipinski definition) is 5. The predicted molar refractivity (Wildman–Crippen MR) is 84.9 cm³/mol. The summed E-state index contributed by atoms with van der Waals surface area (Å²) in [6.07, 6.45) is 0. The molecule has 1 N–H and O–H groups in total. The van der Waals surface area contributed by atoms with Crippen molar-refractivity contribution in [2.45, 2.75) is 0 Å². The molecule has 2 aromatic carbocycles. The zero-order chi connectivity index (χ0) is 16.2. The van der Waals surface area contributed by atoms with E-state index in [-0.39, 0.29) is 5.91 Å². The molecule has 0 saturated carbocycles. The van der Waals surface area contributed by atoms with E-state index >= 15 is 0 Å². The minimum atomic E-state index is -0.253. The molecule has 2 aromatic rings. The van der Waals surface area contributed by atoms with Crippen molar-refractivity contribution < 1.29 is 23.7 Å². The second-order valence-electron chi connectivity index (χ2n) is 4.91. The quantitative estimate of drug-likeness (QED) is 0.940. The summed E-state index contributed by atoms with van der Waals surface area (Å²) in [5.41, 5.74) is 1.07. The molecule has 1 aliphatic rings. The maximum absolute atomic E-state index is 12.4. The van der Waals surface area contributed by atoms with Gasteiger partial charge in [0.25, 0.3) is 5.91 Å². The number of amides is 1. The standard InChI is InChI=1S/C17H17NO5/c1-20-13-8-12(9-14(10-13)21-2)18-17(19)11-3-4-15-16(7-11)23-6-5-22-15/h3-4,7-10H,5-6H2,1-2H3,(H,18,19). The van der Waals surface area contributed by atoms with Gasteiger partial charge < -0.3 is 24.3 Å².